The van der Waals surface area contributed by atoms with Gasteiger partial charge in [0.25, 0.3) is 0 Å². The molecule has 0 saturated heterocycles. The van der Waals surface area contributed by atoms with Crippen LogP contribution in [-0.4, -0.2) is 22.1 Å². The van der Waals surface area contributed by atoms with E-state index in [4.69, 9.17) is 0 Å². The summed E-state index contributed by atoms with van der Waals surface area (Å²) in [5.41, 5.74) is 6.05. The summed E-state index contributed by atoms with van der Waals surface area (Å²) in [6, 6.07) is 37.7. The molecule has 0 radical (unpaired) electrons. The molecule has 0 aliphatic carbocycles. The van der Waals surface area contributed by atoms with Gasteiger partial charge in [0.05, 0.1) is 5.54 Å². The summed E-state index contributed by atoms with van der Waals surface area (Å²) in [6.45, 7) is 1.49. The van der Waals surface area contributed by atoms with Crippen molar-refractivity contribution in [3.05, 3.63) is 137 Å². The van der Waals surface area contributed by atoms with Gasteiger partial charge in [-0.05, 0) is 33.3 Å². The molecule has 1 heterocycles. The van der Waals surface area contributed by atoms with Gasteiger partial charge >= 0.3 is 7.12 Å². The van der Waals surface area contributed by atoms with Crippen LogP contribution in [0.2, 0.25) is 0 Å². The van der Waals surface area contributed by atoms with Crippen LogP contribution in [-0.2, 0) is 18.6 Å². The van der Waals surface area contributed by atoms with E-state index in [0.717, 1.165) is 12.1 Å². The van der Waals surface area contributed by atoms with Gasteiger partial charge in [-0.2, -0.15) is 0 Å². The smallest absolute Gasteiger partial charge is 0.423 e. The average molecular weight is 405 g/mol. The lowest BCUT2D eigenvalue weighted by Crippen LogP contribution is -2.45. The molecule has 5 rings (SSSR count). The van der Waals surface area contributed by atoms with Crippen molar-refractivity contribution in [2.45, 2.75) is 18.6 Å². The Morgan fingerprint density at radius 3 is 1.48 bits per heavy atom. The van der Waals surface area contributed by atoms with Gasteiger partial charge in [0, 0.05) is 13.1 Å². The molecule has 152 valence electrons. The third-order valence-corrected chi connectivity index (χ3v) is 6.30. The molecule has 0 spiro atoms. The number of hydrogen-bond donors (Lipinski definition) is 2. The molecule has 0 aromatic heterocycles. The number of rotatable bonds is 5. The van der Waals surface area contributed by atoms with Crippen molar-refractivity contribution in [1.29, 1.82) is 0 Å². The van der Waals surface area contributed by atoms with Crippen molar-refractivity contribution >= 4 is 12.6 Å². The molecular weight excluding hydrogens is 381 g/mol. The number of fused-ring (bicyclic) bond motifs is 1. The maximum atomic E-state index is 9.66. The maximum Gasteiger partial charge on any atom is 0.488 e. The molecule has 2 N–H and O–H groups in total. The van der Waals surface area contributed by atoms with Crippen LogP contribution in [0.25, 0.3) is 0 Å². The fraction of sp³-hybridized carbons (Fsp3) is 0.111. The van der Waals surface area contributed by atoms with Crippen LogP contribution >= 0.6 is 0 Å². The molecule has 0 unspecified atom stereocenters. The Morgan fingerprint density at radius 2 is 1.03 bits per heavy atom. The third-order valence-electron chi connectivity index (χ3n) is 6.30. The zero-order valence-electron chi connectivity index (χ0n) is 17.2. The van der Waals surface area contributed by atoms with Gasteiger partial charge in [-0.1, -0.05) is 109 Å². The minimum atomic E-state index is -1.46. The second kappa shape index (κ2) is 8.16. The molecule has 0 atom stereocenters. The molecular formula is C27H24BNO2. The first kappa shape index (κ1) is 19.8. The molecule has 4 heteroatoms. The Bertz CT molecular complexity index is 1070. The van der Waals surface area contributed by atoms with E-state index in [1.54, 1.807) is 0 Å². The van der Waals surface area contributed by atoms with E-state index in [9.17, 15) is 10.0 Å². The van der Waals surface area contributed by atoms with Crippen molar-refractivity contribution in [3.63, 3.8) is 0 Å². The minimum absolute atomic E-state index is 0.471. The van der Waals surface area contributed by atoms with E-state index < -0.39 is 12.7 Å². The summed E-state index contributed by atoms with van der Waals surface area (Å²) in [6.07, 6.45) is 0. The maximum absolute atomic E-state index is 9.66. The summed E-state index contributed by atoms with van der Waals surface area (Å²) in [5.74, 6) is 0. The van der Waals surface area contributed by atoms with Crippen molar-refractivity contribution in [2.75, 3.05) is 0 Å². The summed E-state index contributed by atoms with van der Waals surface area (Å²) in [4.78, 5) is 2.49. The fourth-order valence-corrected chi connectivity index (χ4v) is 4.90. The summed E-state index contributed by atoms with van der Waals surface area (Å²) in [7, 11) is -1.46. The van der Waals surface area contributed by atoms with Gasteiger partial charge in [0.2, 0.25) is 0 Å². The molecule has 0 bridgehead atoms. The predicted octanol–water partition coefficient (Wildman–Crippen LogP) is 3.67. The van der Waals surface area contributed by atoms with Gasteiger partial charge in [0.15, 0.2) is 0 Å². The molecule has 0 fully saturated rings. The highest BCUT2D eigenvalue weighted by Gasteiger charge is 2.44. The molecule has 3 nitrogen and oxygen atoms in total. The monoisotopic (exact) mass is 405 g/mol. The number of hydrogen-bond acceptors (Lipinski definition) is 3. The minimum Gasteiger partial charge on any atom is -0.423 e. The van der Waals surface area contributed by atoms with Gasteiger partial charge in [-0.15, -0.1) is 0 Å². The number of benzene rings is 4. The van der Waals surface area contributed by atoms with Crippen LogP contribution in [0.5, 0.6) is 0 Å². The molecule has 4 aromatic rings. The Balaban J connectivity index is 1.73. The zero-order chi connectivity index (χ0) is 21.3. The summed E-state index contributed by atoms with van der Waals surface area (Å²) < 4.78 is 0. The molecule has 0 saturated carbocycles. The van der Waals surface area contributed by atoms with E-state index in [-0.39, 0.29) is 0 Å². The average Bonchev–Trinajstić information content (AvgIpc) is 3.25. The second-order valence-corrected chi connectivity index (χ2v) is 8.07. The fourth-order valence-electron chi connectivity index (χ4n) is 4.90. The highest BCUT2D eigenvalue weighted by molar-refractivity contribution is 6.58. The van der Waals surface area contributed by atoms with Gasteiger partial charge in [0.1, 0.15) is 0 Å². The van der Waals surface area contributed by atoms with E-state index >= 15 is 0 Å². The second-order valence-electron chi connectivity index (χ2n) is 8.07. The van der Waals surface area contributed by atoms with Crippen LogP contribution in [0.3, 0.4) is 0 Å². The van der Waals surface area contributed by atoms with Crippen LogP contribution < -0.4 is 5.46 Å². The van der Waals surface area contributed by atoms with Crippen molar-refractivity contribution in [1.82, 2.24) is 4.90 Å². The van der Waals surface area contributed by atoms with Crippen molar-refractivity contribution in [3.8, 4) is 0 Å². The van der Waals surface area contributed by atoms with Gasteiger partial charge < -0.3 is 10.0 Å². The Morgan fingerprint density at radius 1 is 0.581 bits per heavy atom. The van der Waals surface area contributed by atoms with E-state index in [1.165, 1.54) is 22.3 Å². The topological polar surface area (TPSA) is 43.7 Å². The normalized spacial score (nSPS) is 13.7. The first-order valence-corrected chi connectivity index (χ1v) is 10.6. The predicted molar refractivity (Wildman–Crippen MR) is 125 cm³/mol. The van der Waals surface area contributed by atoms with Crippen LogP contribution in [0.1, 0.15) is 27.8 Å². The molecule has 4 aromatic carbocycles. The third kappa shape index (κ3) is 3.39. The van der Waals surface area contributed by atoms with Crippen LogP contribution in [0.15, 0.2) is 109 Å². The van der Waals surface area contributed by atoms with Crippen LogP contribution in [0, 0.1) is 0 Å². The lowest BCUT2D eigenvalue weighted by atomic mass is 9.75. The van der Waals surface area contributed by atoms with Crippen molar-refractivity contribution < 1.29 is 10.0 Å². The summed E-state index contributed by atoms with van der Waals surface area (Å²) >= 11 is 0. The molecule has 1 aliphatic rings. The van der Waals surface area contributed by atoms with E-state index in [1.807, 2.05) is 18.2 Å². The van der Waals surface area contributed by atoms with E-state index in [0.29, 0.717) is 12.0 Å². The standard InChI is InChI=1S/C27H24BNO2/c30-28(31)26-17-16-21-19-29(20-22(21)18-26)27(23-10-4-1-5-11-23,24-12-6-2-7-13-24)25-14-8-3-9-15-25/h1-18,30-31H,19-20H2. The quantitative estimate of drug-likeness (QED) is 0.393. The number of nitrogens with zero attached hydrogens (tertiary/aromatic N) is 1. The Hall–Kier alpha value is -3.18. The molecule has 1 aliphatic heterocycles. The first-order valence-electron chi connectivity index (χ1n) is 10.6. The lowest BCUT2D eigenvalue weighted by Gasteiger charge is -2.43. The Kier molecular flexibility index (Phi) is 5.20. The Labute approximate surface area is 183 Å². The highest BCUT2D eigenvalue weighted by Crippen LogP contribution is 2.46. The highest BCUT2D eigenvalue weighted by atomic mass is 16.4. The van der Waals surface area contributed by atoms with Gasteiger partial charge in [-0.25, -0.2) is 0 Å². The SMILES string of the molecule is OB(O)c1ccc2c(c1)CN(C(c1ccccc1)(c1ccccc1)c1ccccc1)C2. The zero-order valence-corrected chi connectivity index (χ0v) is 17.2. The van der Waals surface area contributed by atoms with E-state index in [2.05, 4.69) is 95.9 Å². The van der Waals surface area contributed by atoms with Crippen molar-refractivity contribution in [2.24, 2.45) is 0 Å². The molecule has 31 heavy (non-hydrogen) atoms. The first-order chi connectivity index (χ1) is 15.2. The summed E-state index contributed by atoms with van der Waals surface area (Å²) in [5, 5.41) is 19.3. The largest absolute Gasteiger partial charge is 0.488 e. The van der Waals surface area contributed by atoms with Gasteiger partial charge in [-0.3, -0.25) is 4.90 Å². The van der Waals surface area contributed by atoms with Crippen LogP contribution in [0.4, 0.5) is 0 Å². The lowest BCUT2D eigenvalue weighted by molar-refractivity contribution is 0.157. The molecule has 0 amide bonds.